The van der Waals surface area contributed by atoms with Crippen LogP contribution in [0.4, 0.5) is 0 Å². The van der Waals surface area contributed by atoms with Crippen LogP contribution >= 0.6 is 0 Å². The SMILES string of the molecule is COC(=O)C(O)C(OCCc1ccc(OC)cc1)(c1ccc(C)cc1)c1ccc(C)cc1. The molecule has 0 aliphatic heterocycles. The summed E-state index contributed by atoms with van der Waals surface area (Å²) in [7, 11) is 2.89. The Morgan fingerprint density at radius 2 is 1.34 bits per heavy atom. The number of aliphatic hydroxyl groups is 1. The van der Waals surface area contributed by atoms with E-state index in [2.05, 4.69) is 0 Å². The molecule has 0 fully saturated rings. The van der Waals surface area contributed by atoms with Gasteiger partial charge >= 0.3 is 5.97 Å². The number of methoxy groups -OCH3 is 2. The summed E-state index contributed by atoms with van der Waals surface area (Å²) in [4.78, 5) is 12.6. The first-order valence-corrected chi connectivity index (χ1v) is 10.6. The second-order valence-electron chi connectivity index (χ2n) is 7.84. The molecule has 0 saturated heterocycles. The zero-order chi connectivity index (χ0) is 23.1. The van der Waals surface area contributed by atoms with Crippen molar-refractivity contribution < 1.29 is 24.1 Å². The number of ether oxygens (including phenoxy) is 3. The lowest BCUT2D eigenvalue weighted by Crippen LogP contribution is -2.48. The van der Waals surface area contributed by atoms with Crippen molar-refractivity contribution in [2.75, 3.05) is 20.8 Å². The fraction of sp³-hybridized carbons (Fsp3) is 0.296. The Morgan fingerprint density at radius 3 is 1.78 bits per heavy atom. The topological polar surface area (TPSA) is 65.0 Å². The summed E-state index contributed by atoms with van der Waals surface area (Å²) in [6.07, 6.45) is -0.953. The average Bonchev–Trinajstić information content (AvgIpc) is 2.82. The molecule has 5 heteroatoms. The number of aliphatic hydroxyl groups excluding tert-OH is 1. The molecule has 0 aromatic heterocycles. The molecule has 0 bridgehead atoms. The Morgan fingerprint density at radius 1 is 0.844 bits per heavy atom. The molecule has 3 aromatic carbocycles. The molecular formula is C27H30O5. The molecule has 0 amide bonds. The molecule has 0 heterocycles. The summed E-state index contributed by atoms with van der Waals surface area (Å²) in [5.74, 6) is 0.0278. The fourth-order valence-electron chi connectivity index (χ4n) is 3.73. The Hall–Kier alpha value is -3.15. The van der Waals surface area contributed by atoms with Crippen LogP contribution < -0.4 is 4.74 Å². The van der Waals surface area contributed by atoms with Gasteiger partial charge in [0.25, 0.3) is 0 Å². The van der Waals surface area contributed by atoms with Crippen molar-refractivity contribution in [3.8, 4) is 5.75 Å². The lowest BCUT2D eigenvalue weighted by Gasteiger charge is -2.38. The number of aryl methyl sites for hydroxylation is 2. The first-order chi connectivity index (χ1) is 15.4. The third-order valence-corrected chi connectivity index (χ3v) is 5.65. The summed E-state index contributed by atoms with van der Waals surface area (Å²) >= 11 is 0. The van der Waals surface area contributed by atoms with Crippen LogP contribution in [-0.2, 0) is 26.3 Å². The van der Waals surface area contributed by atoms with Gasteiger partial charge in [-0.05, 0) is 49.1 Å². The van der Waals surface area contributed by atoms with Crippen molar-refractivity contribution in [3.63, 3.8) is 0 Å². The monoisotopic (exact) mass is 434 g/mol. The van der Waals surface area contributed by atoms with E-state index in [1.54, 1.807) is 7.11 Å². The maximum atomic E-state index is 12.6. The second kappa shape index (κ2) is 10.4. The molecule has 32 heavy (non-hydrogen) atoms. The normalized spacial score (nSPS) is 12.3. The molecule has 0 aliphatic rings. The van der Waals surface area contributed by atoms with Gasteiger partial charge in [-0.2, -0.15) is 0 Å². The van der Waals surface area contributed by atoms with E-state index in [4.69, 9.17) is 14.2 Å². The molecule has 3 aromatic rings. The maximum absolute atomic E-state index is 12.6. The van der Waals surface area contributed by atoms with Gasteiger partial charge in [-0.15, -0.1) is 0 Å². The molecule has 1 N–H and O–H groups in total. The zero-order valence-electron chi connectivity index (χ0n) is 19.0. The van der Waals surface area contributed by atoms with Gasteiger partial charge in [0.15, 0.2) is 11.7 Å². The Labute approximate surface area is 189 Å². The van der Waals surface area contributed by atoms with E-state index in [9.17, 15) is 9.90 Å². The van der Waals surface area contributed by atoms with Gasteiger partial charge in [0, 0.05) is 0 Å². The zero-order valence-corrected chi connectivity index (χ0v) is 19.0. The van der Waals surface area contributed by atoms with Crippen molar-refractivity contribution in [3.05, 3.63) is 101 Å². The van der Waals surface area contributed by atoms with E-state index in [1.807, 2.05) is 86.6 Å². The number of hydrogen-bond acceptors (Lipinski definition) is 5. The number of carbonyl (C=O) groups is 1. The van der Waals surface area contributed by atoms with E-state index < -0.39 is 17.7 Å². The highest BCUT2D eigenvalue weighted by molar-refractivity contribution is 5.77. The highest BCUT2D eigenvalue weighted by Gasteiger charge is 2.47. The van der Waals surface area contributed by atoms with Gasteiger partial charge in [-0.25, -0.2) is 4.79 Å². The molecule has 3 rings (SSSR count). The lowest BCUT2D eigenvalue weighted by atomic mass is 9.80. The van der Waals surface area contributed by atoms with Crippen LogP contribution in [0.25, 0.3) is 0 Å². The number of esters is 1. The number of benzene rings is 3. The Balaban J connectivity index is 2.02. The third-order valence-electron chi connectivity index (χ3n) is 5.65. The first-order valence-electron chi connectivity index (χ1n) is 10.6. The molecule has 0 radical (unpaired) electrons. The molecular weight excluding hydrogens is 404 g/mol. The maximum Gasteiger partial charge on any atom is 0.338 e. The second-order valence-corrected chi connectivity index (χ2v) is 7.84. The smallest absolute Gasteiger partial charge is 0.338 e. The average molecular weight is 435 g/mol. The highest BCUT2D eigenvalue weighted by atomic mass is 16.6. The van der Waals surface area contributed by atoms with Gasteiger partial charge in [0.1, 0.15) is 5.75 Å². The van der Waals surface area contributed by atoms with Crippen molar-refractivity contribution in [1.29, 1.82) is 0 Å². The molecule has 168 valence electrons. The standard InChI is InChI=1S/C27H30O5/c1-19-5-11-22(12-6-19)27(25(28)26(29)31-4,23-13-7-20(2)8-14-23)32-18-17-21-9-15-24(30-3)16-10-21/h5-16,25,28H,17-18H2,1-4H3. The van der Waals surface area contributed by atoms with E-state index >= 15 is 0 Å². The van der Waals surface area contributed by atoms with E-state index in [0.29, 0.717) is 17.5 Å². The van der Waals surface area contributed by atoms with Crippen LogP contribution in [0.3, 0.4) is 0 Å². The van der Waals surface area contributed by atoms with Gasteiger partial charge in [0.2, 0.25) is 0 Å². The Kier molecular flexibility index (Phi) is 7.67. The van der Waals surface area contributed by atoms with Crippen molar-refractivity contribution in [1.82, 2.24) is 0 Å². The van der Waals surface area contributed by atoms with Crippen LogP contribution in [0.5, 0.6) is 5.75 Å². The minimum Gasteiger partial charge on any atom is -0.497 e. The van der Waals surface area contributed by atoms with Crippen molar-refractivity contribution in [2.24, 2.45) is 0 Å². The summed E-state index contributed by atoms with van der Waals surface area (Å²) in [6.45, 7) is 4.25. The predicted molar refractivity (Wildman–Crippen MR) is 124 cm³/mol. The molecule has 0 saturated carbocycles. The largest absolute Gasteiger partial charge is 0.497 e. The van der Waals surface area contributed by atoms with E-state index in [0.717, 1.165) is 22.4 Å². The minimum atomic E-state index is -1.55. The summed E-state index contributed by atoms with van der Waals surface area (Å²) < 4.78 is 16.6. The highest BCUT2D eigenvalue weighted by Crippen LogP contribution is 2.38. The Bertz CT molecular complexity index is 962. The molecule has 5 nitrogen and oxygen atoms in total. The summed E-state index contributed by atoms with van der Waals surface area (Å²) in [6, 6.07) is 23.0. The minimum absolute atomic E-state index is 0.280. The lowest BCUT2D eigenvalue weighted by molar-refractivity contribution is -0.170. The molecule has 1 unspecified atom stereocenters. The summed E-state index contributed by atoms with van der Waals surface area (Å²) in [5.41, 5.74) is 3.13. The number of hydrogen-bond donors (Lipinski definition) is 1. The van der Waals surface area contributed by atoms with E-state index in [-0.39, 0.29) is 6.61 Å². The van der Waals surface area contributed by atoms with Crippen molar-refractivity contribution >= 4 is 5.97 Å². The third kappa shape index (κ3) is 5.01. The van der Waals surface area contributed by atoms with Crippen LogP contribution in [0, 0.1) is 13.8 Å². The van der Waals surface area contributed by atoms with Crippen LogP contribution in [0.2, 0.25) is 0 Å². The van der Waals surface area contributed by atoms with E-state index in [1.165, 1.54) is 7.11 Å². The number of carbonyl (C=O) groups excluding carboxylic acids is 1. The molecule has 0 spiro atoms. The molecule has 1 atom stereocenters. The fourth-order valence-corrected chi connectivity index (χ4v) is 3.73. The van der Waals surface area contributed by atoms with Gasteiger partial charge in [0.05, 0.1) is 20.8 Å². The van der Waals surface area contributed by atoms with Gasteiger partial charge < -0.3 is 19.3 Å². The van der Waals surface area contributed by atoms with Gasteiger partial charge in [-0.3, -0.25) is 0 Å². The summed E-state index contributed by atoms with van der Waals surface area (Å²) in [5, 5.41) is 11.2. The quantitative estimate of drug-likeness (QED) is 0.507. The molecule has 0 aliphatic carbocycles. The van der Waals surface area contributed by atoms with Crippen LogP contribution in [-0.4, -0.2) is 38.0 Å². The van der Waals surface area contributed by atoms with Gasteiger partial charge in [-0.1, -0.05) is 71.8 Å². The number of rotatable bonds is 9. The van der Waals surface area contributed by atoms with Crippen molar-refractivity contribution in [2.45, 2.75) is 32.0 Å². The van der Waals surface area contributed by atoms with Crippen LogP contribution in [0.15, 0.2) is 72.8 Å². The first kappa shape index (κ1) is 23.5. The van der Waals surface area contributed by atoms with Crippen LogP contribution in [0.1, 0.15) is 27.8 Å². The predicted octanol–water partition coefficient (Wildman–Crippen LogP) is 4.35.